The zero-order valence-electron chi connectivity index (χ0n) is 18.3. The SMILES string of the molecule is Clc1cccc(Cl)c1CN/N=C\c1c(OCc2cccc3ccccc23)ccc2ccccc12. The lowest BCUT2D eigenvalue weighted by Gasteiger charge is -2.13. The maximum atomic E-state index is 6.33. The molecule has 34 heavy (non-hydrogen) atoms. The molecule has 3 nitrogen and oxygen atoms in total. The molecular formula is C29H22Cl2N2O. The van der Waals surface area contributed by atoms with Crippen molar-refractivity contribution in [1.82, 2.24) is 5.43 Å². The molecule has 0 radical (unpaired) electrons. The summed E-state index contributed by atoms with van der Waals surface area (Å²) in [7, 11) is 0. The van der Waals surface area contributed by atoms with Crippen LogP contribution in [0.4, 0.5) is 0 Å². The molecule has 1 N–H and O–H groups in total. The number of benzene rings is 5. The van der Waals surface area contributed by atoms with Crippen LogP contribution in [0.2, 0.25) is 10.0 Å². The maximum Gasteiger partial charge on any atom is 0.129 e. The van der Waals surface area contributed by atoms with Crippen LogP contribution in [-0.4, -0.2) is 6.21 Å². The van der Waals surface area contributed by atoms with Crippen molar-refractivity contribution in [3.05, 3.63) is 124 Å². The summed E-state index contributed by atoms with van der Waals surface area (Å²) < 4.78 is 6.33. The highest BCUT2D eigenvalue weighted by atomic mass is 35.5. The van der Waals surface area contributed by atoms with Crippen molar-refractivity contribution >= 4 is 51.0 Å². The van der Waals surface area contributed by atoms with Gasteiger partial charge in [-0.05, 0) is 45.3 Å². The molecule has 168 valence electrons. The quantitative estimate of drug-likeness (QED) is 0.187. The molecule has 0 aromatic heterocycles. The van der Waals surface area contributed by atoms with Gasteiger partial charge in [0.1, 0.15) is 12.4 Å². The largest absolute Gasteiger partial charge is 0.488 e. The van der Waals surface area contributed by atoms with Crippen molar-refractivity contribution in [2.75, 3.05) is 0 Å². The van der Waals surface area contributed by atoms with E-state index in [1.807, 2.05) is 42.5 Å². The minimum atomic E-state index is 0.423. The standard InChI is InChI=1S/C29H22Cl2N2O/c30-27-13-6-14-28(31)26(27)18-33-32-17-25-24-12-4-2-8-21(24)15-16-29(25)34-19-22-10-5-9-20-7-1-3-11-23(20)22/h1-17,33H,18-19H2/b32-17-. The monoisotopic (exact) mass is 484 g/mol. The summed E-state index contributed by atoms with van der Waals surface area (Å²) >= 11 is 12.5. The van der Waals surface area contributed by atoms with Crippen molar-refractivity contribution in [3.63, 3.8) is 0 Å². The van der Waals surface area contributed by atoms with Crippen LogP contribution < -0.4 is 10.2 Å². The predicted molar refractivity (Wildman–Crippen MR) is 143 cm³/mol. The highest BCUT2D eigenvalue weighted by molar-refractivity contribution is 6.36. The van der Waals surface area contributed by atoms with E-state index in [0.717, 1.165) is 33.2 Å². The molecule has 0 aliphatic rings. The van der Waals surface area contributed by atoms with E-state index < -0.39 is 0 Å². The molecule has 0 bridgehead atoms. The van der Waals surface area contributed by atoms with Crippen molar-refractivity contribution in [2.24, 2.45) is 5.10 Å². The Morgan fingerprint density at radius 3 is 2.15 bits per heavy atom. The second kappa shape index (κ2) is 10.2. The van der Waals surface area contributed by atoms with Gasteiger partial charge in [0.15, 0.2) is 0 Å². The zero-order chi connectivity index (χ0) is 23.3. The van der Waals surface area contributed by atoms with Crippen molar-refractivity contribution in [2.45, 2.75) is 13.2 Å². The Hall–Kier alpha value is -3.53. The third-order valence-electron chi connectivity index (χ3n) is 5.80. The lowest BCUT2D eigenvalue weighted by molar-refractivity contribution is 0.307. The number of hydrogen-bond acceptors (Lipinski definition) is 3. The van der Waals surface area contributed by atoms with E-state index in [0.29, 0.717) is 23.2 Å². The molecule has 0 aliphatic heterocycles. The fourth-order valence-electron chi connectivity index (χ4n) is 4.04. The first-order valence-electron chi connectivity index (χ1n) is 11.0. The van der Waals surface area contributed by atoms with Crippen LogP contribution in [-0.2, 0) is 13.2 Å². The average molecular weight is 485 g/mol. The summed E-state index contributed by atoms with van der Waals surface area (Å²) in [6.45, 7) is 0.884. The molecule has 0 spiro atoms. The van der Waals surface area contributed by atoms with Gasteiger partial charge in [0, 0.05) is 21.2 Å². The number of ether oxygens (including phenoxy) is 1. The van der Waals surface area contributed by atoms with Crippen LogP contribution in [0.3, 0.4) is 0 Å². The Kier molecular flexibility index (Phi) is 6.66. The molecule has 5 heteroatoms. The molecular weight excluding hydrogens is 463 g/mol. The van der Waals surface area contributed by atoms with Gasteiger partial charge in [-0.1, -0.05) is 102 Å². The van der Waals surface area contributed by atoms with E-state index >= 15 is 0 Å². The van der Waals surface area contributed by atoms with E-state index in [9.17, 15) is 0 Å². The minimum Gasteiger partial charge on any atom is -0.488 e. The Morgan fingerprint density at radius 2 is 1.35 bits per heavy atom. The number of hydrogen-bond donors (Lipinski definition) is 1. The summed E-state index contributed by atoms with van der Waals surface area (Å²) in [5.41, 5.74) is 5.93. The Balaban J connectivity index is 1.41. The molecule has 0 aliphatic carbocycles. The third kappa shape index (κ3) is 4.72. The van der Waals surface area contributed by atoms with Crippen LogP contribution in [0, 0.1) is 0 Å². The van der Waals surface area contributed by atoms with Gasteiger partial charge in [-0.15, -0.1) is 0 Å². The Labute approximate surface area is 208 Å². The molecule has 0 saturated carbocycles. The van der Waals surface area contributed by atoms with Crippen molar-refractivity contribution < 1.29 is 4.74 Å². The van der Waals surface area contributed by atoms with Gasteiger partial charge in [-0.25, -0.2) is 0 Å². The second-order valence-corrected chi connectivity index (χ2v) is 8.73. The molecule has 5 aromatic carbocycles. The molecule has 0 amide bonds. The fourth-order valence-corrected chi connectivity index (χ4v) is 4.58. The van der Waals surface area contributed by atoms with E-state index in [1.165, 1.54) is 10.8 Å². The number of nitrogens with zero attached hydrogens (tertiary/aromatic N) is 1. The molecule has 0 atom stereocenters. The second-order valence-electron chi connectivity index (χ2n) is 7.92. The summed E-state index contributed by atoms with van der Waals surface area (Å²) in [6.07, 6.45) is 1.80. The van der Waals surface area contributed by atoms with Crippen molar-refractivity contribution in [3.8, 4) is 5.75 Å². The highest BCUT2D eigenvalue weighted by Crippen LogP contribution is 2.29. The van der Waals surface area contributed by atoms with Gasteiger partial charge in [-0.2, -0.15) is 5.10 Å². The lowest BCUT2D eigenvalue weighted by Crippen LogP contribution is -2.07. The normalized spacial score (nSPS) is 11.4. The third-order valence-corrected chi connectivity index (χ3v) is 6.50. The Morgan fingerprint density at radius 1 is 0.706 bits per heavy atom. The minimum absolute atomic E-state index is 0.423. The van der Waals surface area contributed by atoms with E-state index in [-0.39, 0.29) is 0 Å². The number of halogens is 2. The first kappa shape index (κ1) is 22.3. The van der Waals surface area contributed by atoms with E-state index in [1.54, 1.807) is 6.21 Å². The van der Waals surface area contributed by atoms with Gasteiger partial charge in [0.05, 0.1) is 12.8 Å². The number of rotatable bonds is 7. The summed E-state index contributed by atoms with van der Waals surface area (Å²) in [6, 6.07) is 32.4. The molecule has 0 unspecified atom stereocenters. The van der Waals surface area contributed by atoms with E-state index in [2.05, 4.69) is 65.1 Å². The van der Waals surface area contributed by atoms with Gasteiger partial charge in [0.25, 0.3) is 0 Å². The van der Waals surface area contributed by atoms with Crippen LogP contribution >= 0.6 is 23.2 Å². The number of nitrogens with one attached hydrogen (secondary N) is 1. The molecule has 0 saturated heterocycles. The van der Waals surface area contributed by atoms with Crippen LogP contribution in [0.15, 0.2) is 102 Å². The topological polar surface area (TPSA) is 33.6 Å². The lowest BCUT2D eigenvalue weighted by atomic mass is 10.0. The smallest absolute Gasteiger partial charge is 0.129 e. The maximum absolute atomic E-state index is 6.33. The number of fused-ring (bicyclic) bond motifs is 2. The molecule has 0 heterocycles. The first-order valence-corrected chi connectivity index (χ1v) is 11.8. The summed E-state index contributed by atoms with van der Waals surface area (Å²) in [5, 5.41) is 10.3. The number of hydrazone groups is 1. The predicted octanol–water partition coefficient (Wildman–Crippen LogP) is 8.00. The Bertz CT molecular complexity index is 1470. The van der Waals surface area contributed by atoms with Crippen molar-refractivity contribution in [1.29, 1.82) is 0 Å². The molecule has 5 aromatic rings. The van der Waals surface area contributed by atoms with Crippen LogP contribution in [0.25, 0.3) is 21.5 Å². The van der Waals surface area contributed by atoms with Gasteiger partial charge < -0.3 is 10.2 Å². The first-order chi connectivity index (χ1) is 16.7. The van der Waals surface area contributed by atoms with Gasteiger partial charge >= 0.3 is 0 Å². The van der Waals surface area contributed by atoms with Crippen LogP contribution in [0.1, 0.15) is 16.7 Å². The zero-order valence-corrected chi connectivity index (χ0v) is 19.9. The van der Waals surface area contributed by atoms with E-state index in [4.69, 9.17) is 27.9 Å². The van der Waals surface area contributed by atoms with Gasteiger partial charge in [0.2, 0.25) is 0 Å². The molecule has 0 fully saturated rings. The van der Waals surface area contributed by atoms with Gasteiger partial charge in [-0.3, -0.25) is 0 Å². The highest BCUT2D eigenvalue weighted by Gasteiger charge is 2.09. The average Bonchev–Trinajstić information content (AvgIpc) is 2.87. The molecule has 5 rings (SSSR count). The summed E-state index contributed by atoms with van der Waals surface area (Å²) in [5.74, 6) is 0.771. The fraction of sp³-hybridized carbons (Fsp3) is 0.0690. The summed E-state index contributed by atoms with van der Waals surface area (Å²) in [4.78, 5) is 0. The van der Waals surface area contributed by atoms with Crippen LogP contribution in [0.5, 0.6) is 5.75 Å².